The maximum absolute atomic E-state index is 13.7. The van der Waals surface area contributed by atoms with Crippen molar-refractivity contribution in [2.75, 3.05) is 23.3 Å². The van der Waals surface area contributed by atoms with Crippen LogP contribution < -0.4 is 15.5 Å². The van der Waals surface area contributed by atoms with Crippen LogP contribution in [0, 0.1) is 0 Å². The highest BCUT2D eigenvalue weighted by molar-refractivity contribution is 5.98. The lowest BCUT2D eigenvalue weighted by molar-refractivity contribution is -0.111. The fourth-order valence-electron chi connectivity index (χ4n) is 4.59. The van der Waals surface area contributed by atoms with Crippen LogP contribution in [-0.2, 0) is 16.1 Å². The summed E-state index contributed by atoms with van der Waals surface area (Å²) in [5.41, 5.74) is 3.49. The second-order valence-electron chi connectivity index (χ2n) is 11.0. The van der Waals surface area contributed by atoms with Gasteiger partial charge in [0, 0.05) is 28.9 Å². The van der Waals surface area contributed by atoms with Gasteiger partial charge in [0.05, 0.1) is 12.7 Å². The zero-order valence-corrected chi connectivity index (χ0v) is 23.0. The normalized spacial score (nSPS) is 14.5. The Hall–Kier alpha value is -3.72. The summed E-state index contributed by atoms with van der Waals surface area (Å²) in [4.78, 5) is 32.2. The number of nitrogens with one attached hydrogen (secondary N) is 2. The molecule has 9 nitrogen and oxygen atoms in total. The molecule has 4 rings (SSSR count). The summed E-state index contributed by atoms with van der Waals surface area (Å²) < 4.78 is 7.60. The molecule has 1 aliphatic rings. The fraction of sp³-hybridized carbons (Fsp3) is 0.448. The van der Waals surface area contributed by atoms with E-state index in [1.807, 2.05) is 51.2 Å². The van der Waals surface area contributed by atoms with Crippen LogP contribution in [0.5, 0.6) is 0 Å². The Balaban J connectivity index is 1.83. The topological polar surface area (TPSA) is 101 Å². The molecule has 1 aliphatic heterocycles. The van der Waals surface area contributed by atoms with E-state index in [2.05, 4.69) is 36.2 Å². The molecule has 2 N–H and O–H groups in total. The number of ether oxygens (including phenoxy) is 1. The number of hydrogen-bond donors (Lipinski definition) is 2. The number of piperidine rings is 1. The summed E-state index contributed by atoms with van der Waals surface area (Å²) >= 11 is 0. The van der Waals surface area contributed by atoms with E-state index in [0.717, 1.165) is 48.4 Å². The SMILES string of the molecule is C=CC(=O)Nc1cccc(CN(C(=O)OC(C)(C)C)c2cc(C3CCNCC3)nc3c(C(C)C)cnn23)c1. The molecular weight excluding hydrogens is 480 g/mol. The number of hydrogen-bond acceptors (Lipinski definition) is 6. The monoisotopic (exact) mass is 518 g/mol. The number of benzene rings is 1. The van der Waals surface area contributed by atoms with Gasteiger partial charge in [-0.15, -0.1) is 0 Å². The molecule has 0 atom stereocenters. The van der Waals surface area contributed by atoms with Gasteiger partial charge in [0.1, 0.15) is 11.4 Å². The van der Waals surface area contributed by atoms with Crippen molar-refractivity contribution in [2.24, 2.45) is 0 Å². The van der Waals surface area contributed by atoms with Gasteiger partial charge in [-0.05, 0) is 76.4 Å². The molecule has 1 saturated heterocycles. The van der Waals surface area contributed by atoms with Crippen LogP contribution in [0.2, 0.25) is 0 Å². The Kier molecular flexibility index (Phi) is 8.16. The van der Waals surface area contributed by atoms with Crippen LogP contribution >= 0.6 is 0 Å². The minimum Gasteiger partial charge on any atom is -0.443 e. The average molecular weight is 519 g/mol. The number of rotatable bonds is 7. The van der Waals surface area contributed by atoms with Gasteiger partial charge in [-0.3, -0.25) is 9.69 Å². The second kappa shape index (κ2) is 11.3. The Morgan fingerprint density at radius 3 is 2.66 bits per heavy atom. The molecule has 202 valence electrons. The smallest absolute Gasteiger partial charge is 0.416 e. The molecule has 3 aromatic rings. The van der Waals surface area contributed by atoms with Crippen molar-refractivity contribution in [1.29, 1.82) is 0 Å². The van der Waals surface area contributed by atoms with Crippen molar-refractivity contribution in [1.82, 2.24) is 19.9 Å². The molecule has 38 heavy (non-hydrogen) atoms. The van der Waals surface area contributed by atoms with E-state index in [-0.39, 0.29) is 24.3 Å². The van der Waals surface area contributed by atoms with Crippen molar-refractivity contribution in [3.8, 4) is 0 Å². The van der Waals surface area contributed by atoms with Crippen molar-refractivity contribution in [2.45, 2.75) is 71.4 Å². The van der Waals surface area contributed by atoms with Gasteiger partial charge >= 0.3 is 6.09 Å². The van der Waals surface area contributed by atoms with Crippen LogP contribution in [0.1, 0.15) is 76.1 Å². The molecule has 1 aromatic carbocycles. The van der Waals surface area contributed by atoms with E-state index >= 15 is 0 Å². The lowest BCUT2D eigenvalue weighted by atomic mass is 9.94. The van der Waals surface area contributed by atoms with Gasteiger partial charge in [-0.2, -0.15) is 9.61 Å². The third-order valence-corrected chi connectivity index (χ3v) is 6.49. The molecule has 2 amide bonds. The van der Waals surface area contributed by atoms with Crippen molar-refractivity contribution in [3.63, 3.8) is 0 Å². The molecule has 0 bridgehead atoms. The highest BCUT2D eigenvalue weighted by Crippen LogP contribution is 2.32. The molecule has 9 heteroatoms. The van der Waals surface area contributed by atoms with Gasteiger partial charge in [0.2, 0.25) is 5.91 Å². The molecule has 1 fully saturated rings. The Labute approximate surface area is 224 Å². The molecule has 0 radical (unpaired) electrons. The molecule has 0 aliphatic carbocycles. The number of carbonyl (C=O) groups is 2. The maximum atomic E-state index is 13.7. The first-order valence-electron chi connectivity index (χ1n) is 13.2. The standard InChI is InChI=1S/C29H38N6O3/c1-7-25(36)32-22-10-8-9-20(15-22)18-34(28(37)38-29(4,5)6)26-16-24(21-11-13-30-14-12-21)33-27-23(19(2)3)17-31-35(26)27/h7-10,15-17,19,21,30H,1,11-14,18H2,2-6H3,(H,32,36). The van der Waals surface area contributed by atoms with Crippen molar-refractivity contribution in [3.05, 3.63) is 66.0 Å². The third-order valence-electron chi connectivity index (χ3n) is 6.49. The third kappa shape index (κ3) is 6.39. The lowest BCUT2D eigenvalue weighted by Gasteiger charge is -2.29. The van der Waals surface area contributed by atoms with Gasteiger partial charge in [0.15, 0.2) is 5.65 Å². The highest BCUT2D eigenvalue weighted by Gasteiger charge is 2.29. The van der Waals surface area contributed by atoms with E-state index in [0.29, 0.717) is 11.5 Å². The minimum atomic E-state index is -0.688. The summed E-state index contributed by atoms with van der Waals surface area (Å²) in [6.45, 7) is 15.4. The summed E-state index contributed by atoms with van der Waals surface area (Å²) in [5.74, 6) is 0.806. The highest BCUT2D eigenvalue weighted by atomic mass is 16.6. The number of amides is 2. The Bertz CT molecular complexity index is 1320. The van der Waals surface area contributed by atoms with Crippen LogP contribution in [0.25, 0.3) is 5.65 Å². The van der Waals surface area contributed by atoms with E-state index in [4.69, 9.17) is 9.72 Å². The van der Waals surface area contributed by atoms with Crippen LogP contribution in [0.4, 0.5) is 16.3 Å². The van der Waals surface area contributed by atoms with Crippen molar-refractivity contribution < 1.29 is 14.3 Å². The first-order chi connectivity index (χ1) is 18.1. The number of aromatic nitrogens is 3. The molecule has 0 unspecified atom stereocenters. The second-order valence-corrected chi connectivity index (χ2v) is 11.0. The van der Waals surface area contributed by atoms with Crippen LogP contribution in [0.15, 0.2) is 49.2 Å². The predicted octanol–water partition coefficient (Wildman–Crippen LogP) is 5.39. The number of fused-ring (bicyclic) bond motifs is 1. The van der Waals surface area contributed by atoms with Crippen LogP contribution in [0.3, 0.4) is 0 Å². The largest absolute Gasteiger partial charge is 0.443 e. The number of anilines is 2. The molecular formula is C29H38N6O3. The van der Waals surface area contributed by atoms with E-state index in [1.54, 1.807) is 15.5 Å². The zero-order valence-electron chi connectivity index (χ0n) is 23.0. The summed E-state index contributed by atoms with van der Waals surface area (Å²) in [5, 5.41) is 10.9. The maximum Gasteiger partial charge on any atom is 0.416 e. The van der Waals surface area contributed by atoms with Gasteiger partial charge in [-0.25, -0.2) is 9.78 Å². The Morgan fingerprint density at radius 1 is 1.26 bits per heavy atom. The minimum absolute atomic E-state index is 0.217. The van der Waals surface area contributed by atoms with Gasteiger partial charge < -0.3 is 15.4 Å². The first-order valence-corrected chi connectivity index (χ1v) is 13.2. The fourth-order valence-corrected chi connectivity index (χ4v) is 4.59. The average Bonchev–Trinajstić information content (AvgIpc) is 3.31. The van der Waals surface area contributed by atoms with E-state index in [9.17, 15) is 9.59 Å². The lowest BCUT2D eigenvalue weighted by Crippen LogP contribution is -2.38. The molecule has 3 heterocycles. The van der Waals surface area contributed by atoms with E-state index in [1.165, 1.54) is 6.08 Å². The van der Waals surface area contributed by atoms with Crippen molar-refractivity contribution >= 4 is 29.2 Å². The summed E-state index contributed by atoms with van der Waals surface area (Å²) in [6, 6.07) is 9.37. The molecule has 2 aromatic heterocycles. The summed E-state index contributed by atoms with van der Waals surface area (Å²) in [6.07, 6.45) is 4.53. The predicted molar refractivity (Wildman–Crippen MR) is 150 cm³/mol. The molecule has 0 saturated carbocycles. The number of carbonyl (C=O) groups excluding carboxylic acids is 2. The van der Waals surface area contributed by atoms with Gasteiger partial charge in [0.25, 0.3) is 0 Å². The van der Waals surface area contributed by atoms with E-state index < -0.39 is 11.7 Å². The quantitative estimate of drug-likeness (QED) is 0.407. The summed E-state index contributed by atoms with van der Waals surface area (Å²) in [7, 11) is 0. The molecule has 0 spiro atoms. The zero-order chi connectivity index (χ0) is 27.4. The van der Waals surface area contributed by atoms with Gasteiger partial charge in [-0.1, -0.05) is 32.6 Å². The first kappa shape index (κ1) is 27.3. The number of nitrogens with zero attached hydrogens (tertiary/aromatic N) is 4. The van der Waals surface area contributed by atoms with Crippen LogP contribution in [-0.4, -0.2) is 45.3 Å². The Morgan fingerprint density at radius 2 is 2.00 bits per heavy atom.